The molecule has 1 N–H and O–H groups in total. The molecule has 1 aromatic rings. The molecule has 7 nitrogen and oxygen atoms in total. The Labute approximate surface area is 128 Å². The summed E-state index contributed by atoms with van der Waals surface area (Å²) in [5.74, 6) is 0.955. The van der Waals surface area contributed by atoms with E-state index in [1.54, 1.807) is 25.2 Å². The zero-order valence-corrected chi connectivity index (χ0v) is 12.5. The molecule has 2 heterocycles. The van der Waals surface area contributed by atoms with Crippen LogP contribution in [0.2, 0.25) is 0 Å². The number of methoxy groups -OCH3 is 1. The van der Waals surface area contributed by atoms with Gasteiger partial charge < -0.3 is 29.0 Å². The van der Waals surface area contributed by atoms with Crippen LogP contribution >= 0.6 is 0 Å². The Morgan fingerprint density at radius 3 is 2.86 bits per heavy atom. The highest BCUT2D eigenvalue weighted by molar-refractivity contribution is 5.95. The van der Waals surface area contributed by atoms with Gasteiger partial charge in [-0.15, -0.1) is 0 Å². The summed E-state index contributed by atoms with van der Waals surface area (Å²) in [7, 11) is 3.15. The Kier molecular flexibility index (Phi) is 4.19. The molecule has 0 radical (unpaired) electrons. The highest BCUT2D eigenvalue weighted by atomic mass is 16.7. The van der Waals surface area contributed by atoms with Crippen molar-refractivity contribution in [2.24, 2.45) is 0 Å². The molecule has 1 amide bonds. The lowest BCUT2D eigenvalue weighted by Crippen LogP contribution is -2.56. The van der Waals surface area contributed by atoms with E-state index < -0.39 is 18.2 Å². The van der Waals surface area contributed by atoms with Crippen LogP contribution in [0.4, 0.5) is 0 Å². The van der Waals surface area contributed by atoms with E-state index in [4.69, 9.17) is 18.9 Å². The Hall–Kier alpha value is -1.83. The second-order valence-corrected chi connectivity index (χ2v) is 5.35. The normalized spacial score (nSPS) is 26.8. The fraction of sp³-hybridized carbons (Fsp3) is 0.533. The van der Waals surface area contributed by atoms with Crippen LogP contribution < -0.4 is 9.47 Å². The summed E-state index contributed by atoms with van der Waals surface area (Å²) < 4.78 is 21.1. The first-order valence-corrected chi connectivity index (χ1v) is 7.07. The van der Waals surface area contributed by atoms with Crippen molar-refractivity contribution in [3.8, 4) is 11.5 Å². The highest BCUT2D eigenvalue weighted by Crippen LogP contribution is 2.33. The van der Waals surface area contributed by atoms with E-state index in [2.05, 4.69) is 0 Å². The van der Waals surface area contributed by atoms with Crippen LogP contribution in [0.5, 0.6) is 11.5 Å². The third kappa shape index (κ3) is 2.63. The molecule has 0 aliphatic carbocycles. The minimum atomic E-state index is -0.790. The lowest BCUT2D eigenvalue weighted by molar-refractivity contribution is -0.135. The summed E-state index contributed by atoms with van der Waals surface area (Å²) in [4.78, 5) is 14.1. The number of hydrogen-bond acceptors (Lipinski definition) is 6. The van der Waals surface area contributed by atoms with E-state index in [1.807, 2.05) is 0 Å². The molecule has 1 saturated heterocycles. The summed E-state index contributed by atoms with van der Waals surface area (Å²) in [6, 6.07) is 4.56. The topological polar surface area (TPSA) is 77.5 Å². The maximum Gasteiger partial charge on any atom is 0.254 e. The minimum Gasteiger partial charge on any atom is -0.454 e. The number of likely N-dealkylation sites (N-methyl/N-ethyl adjacent to an activating group) is 1. The van der Waals surface area contributed by atoms with Crippen LogP contribution in [-0.2, 0) is 9.47 Å². The molecule has 0 bridgehead atoms. The molecule has 3 rings (SSSR count). The van der Waals surface area contributed by atoms with Gasteiger partial charge in [0.1, 0.15) is 12.2 Å². The molecule has 3 atom stereocenters. The number of hydrogen-bond donors (Lipinski definition) is 1. The van der Waals surface area contributed by atoms with Crippen molar-refractivity contribution in [2.75, 3.05) is 34.2 Å². The second kappa shape index (κ2) is 6.12. The standard InChI is InChI=1S/C15H19NO6/c1-16(10-6-20-7-13(19-2)14(10)17)15(18)9-3-4-11-12(5-9)22-8-21-11/h3-5,10,13-14,17H,6-8H2,1-2H3/t10-,13-,14+/m1/s1. The van der Waals surface area contributed by atoms with Gasteiger partial charge in [0.25, 0.3) is 5.91 Å². The van der Waals surface area contributed by atoms with Crippen molar-refractivity contribution in [1.82, 2.24) is 4.90 Å². The highest BCUT2D eigenvalue weighted by Gasteiger charge is 2.37. The number of carbonyl (C=O) groups excluding carboxylic acids is 1. The number of aliphatic hydroxyl groups is 1. The monoisotopic (exact) mass is 309 g/mol. The van der Waals surface area contributed by atoms with Gasteiger partial charge in [-0.1, -0.05) is 0 Å². The third-order valence-corrected chi connectivity index (χ3v) is 4.09. The van der Waals surface area contributed by atoms with E-state index in [0.717, 1.165) is 0 Å². The second-order valence-electron chi connectivity index (χ2n) is 5.35. The summed E-state index contributed by atoms with van der Waals surface area (Å²) in [5, 5.41) is 10.3. The van der Waals surface area contributed by atoms with E-state index in [9.17, 15) is 9.90 Å². The zero-order valence-electron chi connectivity index (χ0n) is 12.5. The average molecular weight is 309 g/mol. The largest absolute Gasteiger partial charge is 0.454 e. The average Bonchev–Trinajstić information content (AvgIpc) is 3.01. The van der Waals surface area contributed by atoms with Gasteiger partial charge in [0.2, 0.25) is 6.79 Å². The van der Waals surface area contributed by atoms with Gasteiger partial charge in [-0.25, -0.2) is 0 Å². The van der Waals surface area contributed by atoms with Gasteiger partial charge in [-0.3, -0.25) is 4.79 Å². The predicted molar refractivity (Wildman–Crippen MR) is 76.1 cm³/mol. The van der Waals surface area contributed by atoms with Crippen LogP contribution in [-0.4, -0.2) is 68.3 Å². The SMILES string of the molecule is CO[C@@H]1COC[C@@H](N(C)C(=O)c2ccc3c(c2)OCO3)[C@@H]1O. The lowest BCUT2D eigenvalue weighted by Gasteiger charge is -2.38. The van der Waals surface area contributed by atoms with Crippen molar-refractivity contribution in [1.29, 1.82) is 0 Å². The summed E-state index contributed by atoms with van der Waals surface area (Å²) in [6.45, 7) is 0.752. The first kappa shape index (κ1) is 15.1. The molecule has 1 aromatic carbocycles. The van der Waals surface area contributed by atoms with E-state index in [0.29, 0.717) is 23.7 Å². The van der Waals surface area contributed by atoms with Gasteiger partial charge in [0.15, 0.2) is 11.5 Å². The Morgan fingerprint density at radius 2 is 2.09 bits per heavy atom. The van der Waals surface area contributed by atoms with Crippen LogP contribution in [0.1, 0.15) is 10.4 Å². The summed E-state index contributed by atoms with van der Waals surface area (Å²) in [5.41, 5.74) is 0.471. The number of benzene rings is 1. The van der Waals surface area contributed by atoms with Gasteiger partial charge in [-0.2, -0.15) is 0 Å². The molecule has 0 spiro atoms. The number of nitrogens with zero attached hydrogens (tertiary/aromatic N) is 1. The van der Waals surface area contributed by atoms with Crippen LogP contribution in [0.25, 0.3) is 0 Å². The number of rotatable bonds is 3. The molecule has 0 saturated carbocycles. The fourth-order valence-corrected chi connectivity index (χ4v) is 2.68. The molecule has 0 aromatic heterocycles. The molecule has 2 aliphatic rings. The molecule has 1 fully saturated rings. The number of fused-ring (bicyclic) bond motifs is 1. The van der Waals surface area contributed by atoms with E-state index in [-0.39, 0.29) is 19.3 Å². The number of amides is 1. The van der Waals surface area contributed by atoms with Gasteiger partial charge in [-0.05, 0) is 18.2 Å². The van der Waals surface area contributed by atoms with Crippen molar-refractivity contribution in [2.45, 2.75) is 18.2 Å². The third-order valence-electron chi connectivity index (χ3n) is 4.09. The quantitative estimate of drug-likeness (QED) is 0.863. The summed E-state index contributed by atoms with van der Waals surface area (Å²) in [6.07, 6.45) is -1.23. The van der Waals surface area contributed by atoms with Crippen molar-refractivity contribution in [3.05, 3.63) is 23.8 Å². The summed E-state index contributed by atoms with van der Waals surface area (Å²) >= 11 is 0. The molecule has 7 heteroatoms. The van der Waals surface area contributed by atoms with E-state index in [1.165, 1.54) is 12.0 Å². The van der Waals surface area contributed by atoms with Gasteiger partial charge >= 0.3 is 0 Å². The smallest absolute Gasteiger partial charge is 0.254 e. The number of aliphatic hydroxyl groups excluding tert-OH is 1. The zero-order chi connectivity index (χ0) is 15.7. The Morgan fingerprint density at radius 1 is 1.32 bits per heavy atom. The maximum absolute atomic E-state index is 12.6. The molecule has 22 heavy (non-hydrogen) atoms. The molecule has 120 valence electrons. The van der Waals surface area contributed by atoms with Gasteiger partial charge in [0.05, 0.1) is 19.3 Å². The fourth-order valence-electron chi connectivity index (χ4n) is 2.68. The maximum atomic E-state index is 12.6. The first-order valence-electron chi connectivity index (χ1n) is 7.07. The van der Waals surface area contributed by atoms with Crippen molar-refractivity contribution < 1.29 is 28.8 Å². The van der Waals surface area contributed by atoms with Gasteiger partial charge in [0, 0.05) is 19.7 Å². The van der Waals surface area contributed by atoms with Crippen molar-refractivity contribution in [3.63, 3.8) is 0 Å². The van der Waals surface area contributed by atoms with Crippen LogP contribution in [0, 0.1) is 0 Å². The first-order chi connectivity index (χ1) is 10.6. The minimum absolute atomic E-state index is 0.160. The Balaban J connectivity index is 1.76. The van der Waals surface area contributed by atoms with Crippen molar-refractivity contribution >= 4 is 5.91 Å². The lowest BCUT2D eigenvalue weighted by atomic mass is 10.0. The molecular weight excluding hydrogens is 290 g/mol. The predicted octanol–water partition coefficient (Wildman–Crippen LogP) is 0.262. The molecular formula is C15H19NO6. The van der Waals surface area contributed by atoms with Crippen LogP contribution in [0.3, 0.4) is 0 Å². The number of carbonyl (C=O) groups is 1. The Bertz CT molecular complexity index is 563. The molecule has 0 unspecified atom stereocenters. The van der Waals surface area contributed by atoms with E-state index >= 15 is 0 Å². The molecule has 2 aliphatic heterocycles. The van der Waals surface area contributed by atoms with Crippen LogP contribution in [0.15, 0.2) is 18.2 Å². The number of ether oxygens (including phenoxy) is 4.